The van der Waals surface area contributed by atoms with Gasteiger partial charge < -0.3 is 19.3 Å². The van der Waals surface area contributed by atoms with Crippen molar-refractivity contribution < 1.29 is 19.2 Å². The lowest BCUT2D eigenvalue weighted by Gasteiger charge is -2.40. The molecule has 2 aromatic heterocycles. The molecule has 0 amide bonds. The number of rotatable bonds is 8. The smallest absolute Gasteiger partial charge is 0.354 e. The molecule has 3 fully saturated rings. The van der Waals surface area contributed by atoms with Gasteiger partial charge in [0.15, 0.2) is 0 Å². The fourth-order valence-electron chi connectivity index (χ4n) is 6.75. The molecule has 2 saturated heterocycles. The van der Waals surface area contributed by atoms with E-state index in [0.717, 1.165) is 72.2 Å². The summed E-state index contributed by atoms with van der Waals surface area (Å²) in [6, 6.07) is 16.7. The Morgan fingerprint density at radius 1 is 1.10 bits per heavy atom. The van der Waals surface area contributed by atoms with E-state index in [1.54, 1.807) is 13.1 Å². The molecule has 3 atom stereocenters. The zero-order valence-electron chi connectivity index (χ0n) is 23.2. The molecule has 0 spiro atoms. The quantitative estimate of drug-likeness (QED) is 0.243. The first kappa shape index (κ1) is 26.3. The van der Waals surface area contributed by atoms with Crippen LogP contribution in [0.15, 0.2) is 53.1 Å². The number of fused-ring (bicyclic) bond motifs is 2. The van der Waals surface area contributed by atoms with Crippen LogP contribution in [0, 0.1) is 6.92 Å². The summed E-state index contributed by atoms with van der Waals surface area (Å²) in [6.07, 6.45) is 6.69. The van der Waals surface area contributed by atoms with Crippen LogP contribution < -0.4 is 4.90 Å². The first-order valence-corrected chi connectivity index (χ1v) is 14.8. The Kier molecular flexibility index (Phi) is 6.63. The van der Waals surface area contributed by atoms with Crippen molar-refractivity contribution in [1.29, 1.82) is 0 Å². The van der Waals surface area contributed by atoms with E-state index >= 15 is 0 Å². The Morgan fingerprint density at radius 2 is 1.83 bits per heavy atom. The summed E-state index contributed by atoms with van der Waals surface area (Å²) in [5.74, 6) is 0.413. The minimum absolute atomic E-state index is 0.174. The van der Waals surface area contributed by atoms with Crippen molar-refractivity contribution in [2.75, 3.05) is 4.90 Å². The Bertz CT molecular complexity index is 1570. The molecule has 1 saturated carbocycles. The SMILES string of the molecule is Cc1cccc(Cl)c1-c1noc(C2CC2)c1COC1C[C@H]2CC[C@@H](C1)N2c1ccc(-c2cc(C(=O)O)n(C)n2)cc1. The summed E-state index contributed by atoms with van der Waals surface area (Å²) in [5.41, 5.74) is 6.83. The van der Waals surface area contributed by atoms with Gasteiger partial charge in [0.25, 0.3) is 0 Å². The second-order valence-corrected chi connectivity index (χ2v) is 12.1. The van der Waals surface area contributed by atoms with Crippen LogP contribution in [0.1, 0.15) is 71.8 Å². The van der Waals surface area contributed by atoms with Gasteiger partial charge >= 0.3 is 5.97 Å². The number of aromatic nitrogens is 3. The molecule has 7 rings (SSSR count). The lowest BCUT2D eigenvalue weighted by atomic mass is 9.97. The van der Waals surface area contributed by atoms with Crippen LogP contribution >= 0.6 is 11.6 Å². The Balaban J connectivity index is 1.06. The maximum atomic E-state index is 11.4. The number of carboxylic acid groups (broad SMARTS) is 1. The number of carbonyl (C=O) groups is 1. The maximum absolute atomic E-state index is 11.4. The molecule has 9 heteroatoms. The van der Waals surface area contributed by atoms with Gasteiger partial charge in [0.1, 0.15) is 17.1 Å². The highest BCUT2D eigenvalue weighted by Crippen LogP contribution is 2.46. The van der Waals surface area contributed by atoms with Crippen LogP contribution in [0.4, 0.5) is 5.69 Å². The summed E-state index contributed by atoms with van der Waals surface area (Å²) in [4.78, 5) is 14.0. The fourth-order valence-corrected chi connectivity index (χ4v) is 7.07. The molecule has 1 N–H and O–H groups in total. The number of anilines is 1. The molecular formula is C32H33ClN4O4. The Hall–Kier alpha value is -3.62. The standard InChI is InChI=1S/C32H33ClN4O4/c1-18-4-3-5-26(33)29(18)30-25(31(41-35-30)20-6-7-20)17-40-24-14-22-12-13-23(15-24)37(22)21-10-8-19(9-11-21)27-16-28(32(38)39)36(2)34-27/h3-5,8-11,16,20,22-24H,6-7,12-15,17H2,1-2H3,(H,38,39)/t22-,23+,24?. The molecule has 2 aliphatic heterocycles. The average molecular weight is 573 g/mol. The highest BCUT2D eigenvalue weighted by molar-refractivity contribution is 6.33. The molecule has 4 aromatic rings. The zero-order valence-corrected chi connectivity index (χ0v) is 24.0. The van der Waals surface area contributed by atoms with E-state index in [1.807, 2.05) is 24.3 Å². The first-order chi connectivity index (χ1) is 19.9. The summed E-state index contributed by atoms with van der Waals surface area (Å²) in [6.45, 7) is 2.54. The molecule has 1 aliphatic carbocycles. The number of hydrogen-bond acceptors (Lipinski definition) is 6. The number of halogens is 1. The lowest BCUT2D eigenvalue weighted by molar-refractivity contribution is 0.0147. The number of benzene rings is 2. The molecule has 4 heterocycles. The van der Waals surface area contributed by atoms with Gasteiger partial charge in [0.05, 0.1) is 23.4 Å². The molecule has 212 valence electrons. The number of hydrogen-bond donors (Lipinski definition) is 1. The zero-order chi connectivity index (χ0) is 28.2. The van der Waals surface area contributed by atoms with Gasteiger partial charge in [0, 0.05) is 47.4 Å². The molecule has 0 radical (unpaired) electrons. The maximum Gasteiger partial charge on any atom is 0.354 e. The highest BCUT2D eigenvalue weighted by Gasteiger charge is 2.42. The van der Waals surface area contributed by atoms with E-state index in [0.29, 0.717) is 35.3 Å². The van der Waals surface area contributed by atoms with Gasteiger partial charge in [-0.05, 0) is 75.3 Å². The van der Waals surface area contributed by atoms with Crippen molar-refractivity contribution in [1.82, 2.24) is 14.9 Å². The number of aryl methyl sites for hydroxylation is 2. The van der Waals surface area contributed by atoms with Gasteiger partial charge in [-0.2, -0.15) is 5.10 Å². The van der Waals surface area contributed by atoms with E-state index in [1.165, 1.54) is 10.4 Å². The minimum atomic E-state index is -0.979. The summed E-state index contributed by atoms with van der Waals surface area (Å²) in [5, 5.41) is 18.9. The molecule has 2 aromatic carbocycles. The molecule has 2 bridgehead atoms. The second kappa shape index (κ2) is 10.3. The Morgan fingerprint density at radius 3 is 2.46 bits per heavy atom. The lowest BCUT2D eigenvalue weighted by Crippen LogP contribution is -2.45. The van der Waals surface area contributed by atoms with Crippen molar-refractivity contribution in [2.24, 2.45) is 7.05 Å². The fraction of sp³-hybridized carbons (Fsp3) is 0.406. The molecule has 1 unspecified atom stereocenters. The molecular weight excluding hydrogens is 540 g/mol. The van der Waals surface area contributed by atoms with Crippen LogP contribution in [-0.2, 0) is 18.4 Å². The van der Waals surface area contributed by atoms with Crippen LogP contribution in [-0.4, -0.2) is 44.2 Å². The van der Waals surface area contributed by atoms with Crippen LogP contribution in [0.2, 0.25) is 5.02 Å². The van der Waals surface area contributed by atoms with Crippen molar-refractivity contribution in [3.8, 4) is 22.5 Å². The van der Waals surface area contributed by atoms with Gasteiger partial charge in [-0.3, -0.25) is 4.68 Å². The summed E-state index contributed by atoms with van der Waals surface area (Å²) >= 11 is 6.62. The van der Waals surface area contributed by atoms with E-state index in [-0.39, 0.29) is 11.8 Å². The summed E-state index contributed by atoms with van der Waals surface area (Å²) < 4.78 is 13.9. The largest absolute Gasteiger partial charge is 0.477 e. The van der Waals surface area contributed by atoms with E-state index in [9.17, 15) is 9.90 Å². The number of ether oxygens (including phenoxy) is 1. The van der Waals surface area contributed by atoms with E-state index < -0.39 is 5.97 Å². The van der Waals surface area contributed by atoms with Crippen molar-refractivity contribution in [3.05, 3.63) is 76.1 Å². The molecule has 41 heavy (non-hydrogen) atoms. The number of aromatic carboxylic acids is 1. The van der Waals surface area contributed by atoms with Crippen molar-refractivity contribution >= 4 is 23.3 Å². The number of piperidine rings is 1. The third-order valence-electron chi connectivity index (χ3n) is 8.94. The van der Waals surface area contributed by atoms with Crippen LogP contribution in [0.5, 0.6) is 0 Å². The average Bonchev–Trinajstić information content (AvgIpc) is 3.51. The Labute approximate surface area is 243 Å². The van der Waals surface area contributed by atoms with Crippen LogP contribution in [0.25, 0.3) is 22.5 Å². The normalized spacial score (nSPS) is 21.9. The van der Waals surface area contributed by atoms with Crippen molar-refractivity contribution in [3.63, 3.8) is 0 Å². The van der Waals surface area contributed by atoms with E-state index in [2.05, 4.69) is 40.3 Å². The van der Waals surface area contributed by atoms with Gasteiger partial charge in [0.2, 0.25) is 0 Å². The first-order valence-electron chi connectivity index (χ1n) is 14.4. The number of carboxylic acids is 1. The van der Waals surface area contributed by atoms with Crippen LogP contribution in [0.3, 0.4) is 0 Å². The molecule has 3 aliphatic rings. The van der Waals surface area contributed by atoms with E-state index in [4.69, 9.17) is 20.9 Å². The predicted octanol–water partition coefficient (Wildman–Crippen LogP) is 7.00. The third kappa shape index (κ3) is 4.83. The number of nitrogens with zero attached hydrogens (tertiary/aromatic N) is 4. The van der Waals surface area contributed by atoms with Crippen molar-refractivity contribution in [2.45, 2.75) is 76.2 Å². The van der Waals surface area contributed by atoms with Gasteiger partial charge in [-0.15, -0.1) is 0 Å². The highest BCUT2D eigenvalue weighted by atomic mass is 35.5. The van der Waals surface area contributed by atoms with Gasteiger partial charge in [-0.1, -0.05) is 41.0 Å². The van der Waals surface area contributed by atoms with Gasteiger partial charge in [-0.25, -0.2) is 4.79 Å². The predicted molar refractivity (Wildman–Crippen MR) is 156 cm³/mol. The molecule has 8 nitrogen and oxygen atoms in total. The monoisotopic (exact) mass is 572 g/mol. The third-order valence-corrected chi connectivity index (χ3v) is 9.25. The topological polar surface area (TPSA) is 93.6 Å². The minimum Gasteiger partial charge on any atom is -0.477 e. The summed E-state index contributed by atoms with van der Waals surface area (Å²) in [7, 11) is 1.65. The second-order valence-electron chi connectivity index (χ2n) is 11.7.